The monoisotopic (exact) mass is 379 g/mol. The molecule has 0 aliphatic carbocycles. The van der Waals surface area contributed by atoms with Crippen LogP contribution in [-0.4, -0.2) is 25.4 Å². The Kier molecular flexibility index (Phi) is 5.49. The van der Waals surface area contributed by atoms with Crippen molar-refractivity contribution in [1.82, 2.24) is 14.8 Å². The number of nitro groups is 1. The molecule has 3 aromatic rings. The maximum atomic E-state index is 13.1. The molecular formula is C20H21N5O3. The second-order valence-electron chi connectivity index (χ2n) is 6.46. The van der Waals surface area contributed by atoms with Gasteiger partial charge in [0.25, 0.3) is 11.2 Å². The molecule has 0 saturated carbocycles. The molecule has 28 heavy (non-hydrogen) atoms. The topological polar surface area (TPSA) is 106 Å². The van der Waals surface area contributed by atoms with E-state index in [1.165, 1.54) is 16.8 Å². The first kappa shape index (κ1) is 19.2. The Morgan fingerprint density at radius 1 is 1.25 bits per heavy atom. The van der Waals surface area contributed by atoms with Gasteiger partial charge < -0.3 is 0 Å². The molecule has 1 aromatic carbocycles. The molecule has 0 radical (unpaired) electrons. The summed E-state index contributed by atoms with van der Waals surface area (Å²) in [7, 11) is 0. The maximum absolute atomic E-state index is 13.1. The van der Waals surface area contributed by atoms with Crippen molar-refractivity contribution in [3.8, 4) is 5.69 Å². The first-order valence-electron chi connectivity index (χ1n) is 8.98. The standard InChI is InChI=1S/C20H21N5O3/c1-4-6-17-19(14(3)22-18-8-5-7-13(2)21-18)20(26)24(23-17)15-9-11-16(12-10-15)25(27)28/h5,7-12,23H,4,6H2,1-3H3/b22-14-. The van der Waals surface area contributed by atoms with Crippen LogP contribution in [0.15, 0.2) is 52.3 Å². The number of aryl methyl sites for hydroxylation is 2. The molecular weight excluding hydrogens is 358 g/mol. The molecule has 3 rings (SSSR count). The SMILES string of the molecule is CCCc1[nH]n(-c2ccc([N+](=O)[O-])cc2)c(=O)c1/C(C)=N\c1cccc(C)n1. The third-order valence-corrected chi connectivity index (χ3v) is 4.30. The predicted molar refractivity (Wildman–Crippen MR) is 108 cm³/mol. The van der Waals surface area contributed by atoms with Crippen LogP contribution in [0, 0.1) is 17.0 Å². The molecule has 8 nitrogen and oxygen atoms in total. The van der Waals surface area contributed by atoms with Gasteiger partial charge in [-0.05, 0) is 44.5 Å². The van der Waals surface area contributed by atoms with Gasteiger partial charge >= 0.3 is 0 Å². The summed E-state index contributed by atoms with van der Waals surface area (Å²) in [4.78, 5) is 32.3. The predicted octanol–water partition coefficient (Wildman–Crippen LogP) is 3.87. The lowest BCUT2D eigenvalue weighted by Crippen LogP contribution is -2.19. The van der Waals surface area contributed by atoms with Gasteiger partial charge in [-0.2, -0.15) is 0 Å². The molecule has 2 heterocycles. The number of aromatic nitrogens is 3. The van der Waals surface area contributed by atoms with Crippen LogP contribution in [0.1, 0.15) is 37.2 Å². The van der Waals surface area contributed by atoms with E-state index in [4.69, 9.17) is 0 Å². The highest BCUT2D eigenvalue weighted by atomic mass is 16.6. The van der Waals surface area contributed by atoms with Gasteiger partial charge in [-0.1, -0.05) is 19.4 Å². The van der Waals surface area contributed by atoms with E-state index in [9.17, 15) is 14.9 Å². The molecule has 0 aliphatic rings. The number of rotatable bonds is 6. The number of nitrogens with one attached hydrogen (secondary N) is 1. The molecule has 2 aromatic heterocycles. The second-order valence-corrected chi connectivity index (χ2v) is 6.46. The van der Waals surface area contributed by atoms with Crippen LogP contribution in [0.2, 0.25) is 0 Å². The lowest BCUT2D eigenvalue weighted by Gasteiger charge is -2.01. The molecule has 0 atom stereocenters. The summed E-state index contributed by atoms with van der Waals surface area (Å²) in [6, 6.07) is 11.4. The van der Waals surface area contributed by atoms with Crippen LogP contribution in [0.5, 0.6) is 0 Å². The van der Waals surface area contributed by atoms with Gasteiger partial charge in [0.2, 0.25) is 0 Å². The molecule has 0 saturated heterocycles. The van der Waals surface area contributed by atoms with E-state index in [0.717, 1.165) is 17.8 Å². The Labute approximate surface area is 161 Å². The summed E-state index contributed by atoms with van der Waals surface area (Å²) >= 11 is 0. The van der Waals surface area contributed by atoms with Crippen molar-refractivity contribution in [2.24, 2.45) is 4.99 Å². The summed E-state index contributed by atoms with van der Waals surface area (Å²) in [5.41, 5.74) is 2.96. The van der Waals surface area contributed by atoms with Crippen LogP contribution < -0.4 is 5.56 Å². The van der Waals surface area contributed by atoms with Crippen LogP contribution in [-0.2, 0) is 6.42 Å². The molecule has 0 amide bonds. The Bertz CT molecular complexity index is 1090. The smallest absolute Gasteiger partial charge is 0.280 e. The van der Waals surface area contributed by atoms with Crippen molar-refractivity contribution in [2.45, 2.75) is 33.6 Å². The number of aliphatic imine (C=N–C) groups is 1. The number of H-pyrrole nitrogens is 1. The number of nitro benzene ring substituents is 1. The Morgan fingerprint density at radius 2 is 1.96 bits per heavy atom. The van der Waals surface area contributed by atoms with E-state index in [1.807, 2.05) is 26.0 Å². The van der Waals surface area contributed by atoms with Crippen LogP contribution in [0.4, 0.5) is 11.5 Å². The lowest BCUT2D eigenvalue weighted by molar-refractivity contribution is -0.384. The fourth-order valence-corrected chi connectivity index (χ4v) is 3.01. The van der Waals surface area contributed by atoms with Gasteiger partial charge in [0.05, 0.1) is 21.9 Å². The molecule has 0 spiro atoms. The fourth-order valence-electron chi connectivity index (χ4n) is 3.01. The first-order valence-corrected chi connectivity index (χ1v) is 8.98. The Balaban J connectivity index is 2.08. The van der Waals surface area contributed by atoms with E-state index in [2.05, 4.69) is 15.1 Å². The second kappa shape index (κ2) is 7.99. The Hall–Kier alpha value is -3.55. The number of aromatic amines is 1. The minimum Gasteiger partial charge on any atom is -0.294 e. The maximum Gasteiger partial charge on any atom is 0.280 e. The zero-order chi connectivity index (χ0) is 20.3. The summed E-state index contributed by atoms with van der Waals surface area (Å²) in [5, 5.41) is 14.0. The van der Waals surface area contributed by atoms with Gasteiger partial charge in [0.15, 0.2) is 5.82 Å². The highest BCUT2D eigenvalue weighted by Crippen LogP contribution is 2.17. The normalized spacial score (nSPS) is 11.6. The third-order valence-electron chi connectivity index (χ3n) is 4.30. The zero-order valence-corrected chi connectivity index (χ0v) is 16.0. The largest absolute Gasteiger partial charge is 0.294 e. The van der Waals surface area contributed by atoms with Crippen molar-refractivity contribution in [3.63, 3.8) is 0 Å². The average Bonchev–Trinajstić information content (AvgIpc) is 2.98. The van der Waals surface area contributed by atoms with E-state index >= 15 is 0 Å². The first-order chi connectivity index (χ1) is 13.4. The number of hydrogen-bond acceptors (Lipinski definition) is 5. The fraction of sp³-hybridized carbons (Fsp3) is 0.250. The summed E-state index contributed by atoms with van der Waals surface area (Å²) in [6.07, 6.45) is 1.53. The number of hydrogen-bond donors (Lipinski definition) is 1. The number of pyridine rings is 1. The summed E-state index contributed by atoms with van der Waals surface area (Å²) < 4.78 is 1.40. The molecule has 0 unspecified atom stereocenters. The van der Waals surface area contributed by atoms with Crippen LogP contribution in [0.3, 0.4) is 0 Å². The molecule has 0 fully saturated rings. The molecule has 8 heteroatoms. The van der Waals surface area contributed by atoms with Crippen LogP contribution >= 0.6 is 0 Å². The van der Waals surface area contributed by atoms with Gasteiger partial charge in [-0.15, -0.1) is 0 Å². The van der Waals surface area contributed by atoms with Crippen molar-refractivity contribution < 1.29 is 4.92 Å². The van der Waals surface area contributed by atoms with Crippen molar-refractivity contribution in [1.29, 1.82) is 0 Å². The quantitative estimate of drug-likeness (QED) is 0.398. The van der Waals surface area contributed by atoms with E-state index in [0.29, 0.717) is 29.2 Å². The van der Waals surface area contributed by atoms with E-state index in [-0.39, 0.29) is 11.2 Å². The summed E-state index contributed by atoms with van der Waals surface area (Å²) in [6.45, 7) is 5.70. The Morgan fingerprint density at radius 3 is 2.57 bits per heavy atom. The number of non-ortho nitro benzene ring substituents is 1. The lowest BCUT2D eigenvalue weighted by atomic mass is 10.1. The molecule has 0 aliphatic heterocycles. The summed E-state index contributed by atoms with van der Waals surface area (Å²) in [5.74, 6) is 0.544. The molecule has 144 valence electrons. The average molecular weight is 379 g/mol. The van der Waals surface area contributed by atoms with Gasteiger partial charge in [-0.25, -0.2) is 14.7 Å². The number of benzene rings is 1. The van der Waals surface area contributed by atoms with Gasteiger partial charge in [0.1, 0.15) is 0 Å². The van der Waals surface area contributed by atoms with E-state index < -0.39 is 4.92 Å². The number of nitrogens with zero attached hydrogens (tertiary/aromatic N) is 4. The van der Waals surface area contributed by atoms with Gasteiger partial charge in [-0.3, -0.25) is 20.0 Å². The van der Waals surface area contributed by atoms with Crippen LogP contribution in [0.25, 0.3) is 5.69 Å². The van der Waals surface area contributed by atoms with Crippen molar-refractivity contribution in [2.75, 3.05) is 0 Å². The highest BCUT2D eigenvalue weighted by molar-refractivity contribution is 6.00. The van der Waals surface area contributed by atoms with Gasteiger partial charge in [0, 0.05) is 23.5 Å². The van der Waals surface area contributed by atoms with E-state index in [1.54, 1.807) is 25.1 Å². The molecule has 0 bridgehead atoms. The van der Waals surface area contributed by atoms with Crippen molar-refractivity contribution >= 4 is 17.2 Å². The third kappa shape index (κ3) is 3.90. The minimum absolute atomic E-state index is 0.0272. The minimum atomic E-state index is -0.471. The van der Waals surface area contributed by atoms with Crippen molar-refractivity contribution in [3.05, 3.63) is 79.9 Å². The zero-order valence-electron chi connectivity index (χ0n) is 16.0. The highest BCUT2D eigenvalue weighted by Gasteiger charge is 2.18. The molecule has 1 N–H and O–H groups in total.